The van der Waals surface area contributed by atoms with E-state index in [2.05, 4.69) is 9.80 Å². The minimum atomic E-state index is -0.342. The van der Waals surface area contributed by atoms with E-state index in [0.717, 1.165) is 64.7 Å². The van der Waals surface area contributed by atoms with Crippen molar-refractivity contribution in [3.05, 3.63) is 71.3 Å². The van der Waals surface area contributed by atoms with Crippen LogP contribution < -0.4 is 0 Å². The zero-order valence-corrected chi connectivity index (χ0v) is 23.4. The highest BCUT2D eigenvalue weighted by Gasteiger charge is 2.25. The van der Waals surface area contributed by atoms with Crippen LogP contribution in [0.4, 0.5) is 8.78 Å². The molecule has 2 heterocycles. The highest BCUT2D eigenvalue weighted by atomic mass is 19.1. The third-order valence-corrected chi connectivity index (χ3v) is 8.02. The van der Waals surface area contributed by atoms with Crippen molar-refractivity contribution in [2.24, 2.45) is 11.8 Å². The number of hydrogen-bond acceptors (Lipinski definition) is 6. The van der Waals surface area contributed by atoms with Gasteiger partial charge in [-0.25, -0.2) is 8.78 Å². The highest BCUT2D eigenvalue weighted by Crippen LogP contribution is 2.22. The lowest BCUT2D eigenvalue weighted by Crippen LogP contribution is -2.41. The molecule has 2 aliphatic heterocycles. The molecule has 2 fully saturated rings. The standard InChI is InChI=1S/C32H42F2N2O4/c33-29-11-7-25(8-12-29)31(37)27(23-35-15-19-39-20-16-35)5-3-1-2-4-6-28(24-36-17-21-40-22-18-36)32(38)26-9-13-30(34)14-10-26/h7-14,27-28H,1-6,15-24H2/t27-,28+. The van der Waals surface area contributed by atoms with E-state index in [1.165, 1.54) is 24.3 Å². The van der Waals surface area contributed by atoms with Crippen molar-refractivity contribution in [3.63, 3.8) is 0 Å². The van der Waals surface area contributed by atoms with Crippen molar-refractivity contribution in [2.45, 2.75) is 38.5 Å². The van der Waals surface area contributed by atoms with E-state index in [9.17, 15) is 18.4 Å². The summed E-state index contributed by atoms with van der Waals surface area (Å²) in [6, 6.07) is 11.7. The van der Waals surface area contributed by atoms with Gasteiger partial charge in [0.2, 0.25) is 0 Å². The molecular weight excluding hydrogens is 514 g/mol. The molecule has 2 atom stereocenters. The first kappa shape index (κ1) is 30.4. The molecule has 0 aliphatic carbocycles. The van der Waals surface area contributed by atoms with Crippen molar-refractivity contribution >= 4 is 11.6 Å². The van der Waals surface area contributed by atoms with Gasteiger partial charge in [0.15, 0.2) is 11.6 Å². The summed E-state index contributed by atoms with van der Waals surface area (Å²) in [5.41, 5.74) is 1.12. The van der Waals surface area contributed by atoms with Crippen LogP contribution in [0.2, 0.25) is 0 Å². The minimum absolute atomic E-state index is 0.0713. The lowest BCUT2D eigenvalue weighted by atomic mass is 9.89. The number of nitrogens with zero attached hydrogens (tertiary/aromatic N) is 2. The molecule has 6 nitrogen and oxygen atoms in total. The lowest BCUT2D eigenvalue weighted by Gasteiger charge is -2.30. The summed E-state index contributed by atoms with van der Waals surface area (Å²) in [6.45, 7) is 7.37. The van der Waals surface area contributed by atoms with Gasteiger partial charge in [0.1, 0.15) is 11.6 Å². The Bertz CT molecular complexity index is 966. The number of carbonyl (C=O) groups is 2. The van der Waals surface area contributed by atoms with Gasteiger partial charge in [0.05, 0.1) is 26.4 Å². The average Bonchev–Trinajstić information content (AvgIpc) is 2.99. The zero-order chi connectivity index (χ0) is 28.2. The van der Waals surface area contributed by atoms with Gasteiger partial charge in [0.25, 0.3) is 0 Å². The van der Waals surface area contributed by atoms with Gasteiger partial charge in [-0.05, 0) is 61.4 Å². The Kier molecular flexibility index (Phi) is 12.2. The van der Waals surface area contributed by atoms with Crippen LogP contribution >= 0.6 is 0 Å². The number of rotatable bonds is 15. The molecule has 2 saturated heterocycles. The summed E-state index contributed by atoms with van der Waals surface area (Å²) in [6.07, 6.45) is 5.35. The van der Waals surface area contributed by atoms with Gasteiger partial charge in [-0.15, -0.1) is 0 Å². The van der Waals surface area contributed by atoms with E-state index < -0.39 is 0 Å². The maximum absolute atomic E-state index is 13.4. The maximum atomic E-state index is 13.4. The Hall–Kier alpha value is -2.52. The Labute approximate surface area is 236 Å². The number of Topliss-reactive ketones (excluding diaryl/α,β-unsaturated/α-hetero) is 2. The molecule has 2 aliphatic rings. The van der Waals surface area contributed by atoms with E-state index in [1.807, 2.05) is 0 Å². The fourth-order valence-corrected chi connectivity index (χ4v) is 5.64. The van der Waals surface area contributed by atoms with Crippen molar-refractivity contribution in [1.82, 2.24) is 9.80 Å². The van der Waals surface area contributed by atoms with Crippen LogP contribution in [0.3, 0.4) is 0 Å². The second kappa shape index (κ2) is 16.1. The summed E-state index contributed by atoms with van der Waals surface area (Å²) in [5.74, 6) is -0.823. The summed E-state index contributed by atoms with van der Waals surface area (Å²) >= 11 is 0. The van der Waals surface area contributed by atoms with Gasteiger partial charge in [0, 0.05) is 62.2 Å². The largest absolute Gasteiger partial charge is 0.379 e. The molecule has 0 radical (unpaired) electrons. The molecule has 2 aromatic rings. The monoisotopic (exact) mass is 556 g/mol. The summed E-state index contributed by atoms with van der Waals surface area (Å²) in [7, 11) is 0. The van der Waals surface area contributed by atoms with Crippen molar-refractivity contribution in [2.75, 3.05) is 65.7 Å². The van der Waals surface area contributed by atoms with Crippen LogP contribution in [0.15, 0.2) is 48.5 Å². The van der Waals surface area contributed by atoms with Crippen LogP contribution in [0, 0.1) is 23.5 Å². The summed E-state index contributed by atoms with van der Waals surface area (Å²) in [4.78, 5) is 31.2. The van der Waals surface area contributed by atoms with Crippen LogP contribution in [0.5, 0.6) is 0 Å². The first-order chi connectivity index (χ1) is 19.5. The van der Waals surface area contributed by atoms with Crippen molar-refractivity contribution in [3.8, 4) is 0 Å². The van der Waals surface area contributed by atoms with Gasteiger partial charge < -0.3 is 9.47 Å². The molecule has 2 aromatic carbocycles. The molecule has 218 valence electrons. The molecule has 0 unspecified atom stereocenters. The molecular formula is C32H42F2N2O4. The van der Waals surface area contributed by atoms with Gasteiger partial charge in [-0.2, -0.15) is 0 Å². The van der Waals surface area contributed by atoms with Crippen LogP contribution in [0.1, 0.15) is 59.2 Å². The van der Waals surface area contributed by atoms with Gasteiger partial charge in [-0.3, -0.25) is 19.4 Å². The van der Waals surface area contributed by atoms with Crippen molar-refractivity contribution < 1.29 is 27.8 Å². The Morgan fingerprint density at radius 1 is 0.600 bits per heavy atom. The normalized spacial score (nSPS) is 18.4. The zero-order valence-electron chi connectivity index (χ0n) is 23.4. The molecule has 0 aromatic heterocycles. The molecule has 0 amide bonds. The third-order valence-electron chi connectivity index (χ3n) is 8.02. The topological polar surface area (TPSA) is 59.1 Å². The number of hydrogen-bond donors (Lipinski definition) is 0. The Morgan fingerprint density at radius 3 is 1.30 bits per heavy atom. The van der Waals surface area contributed by atoms with Crippen LogP contribution in [-0.4, -0.2) is 87.1 Å². The van der Waals surface area contributed by atoms with E-state index >= 15 is 0 Å². The number of ketones is 2. The highest BCUT2D eigenvalue weighted by molar-refractivity contribution is 5.98. The first-order valence-electron chi connectivity index (χ1n) is 14.7. The predicted octanol–water partition coefficient (Wildman–Crippen LogP) is 5.27. The Morgan fingerprint density at radius 2 is 0.950 bits per heavy atom. The van der Waals surface area contributed by atoms with Gasteiger partial charge >= 0.3 is 0 Å². The summed E-state index contributed by atoms with van der Waals surface area (Å²) < 4.78 is 37.8. The van der Waals surface area contributed by atoms with Crippen LogP contribution in [0.25, 0.3) is 0 Å². The molecule has 0 saturated carbocycles. The van der Waals surface area contributed by atoms with E-state index in [-0.39, 0.29) is 35.0 Å². The molecule has 0 N–H and O–H groups in total. The lowest BCUT2D eigenvalue weighted by molar-refractivity contribution is 0.0291. The molecule has 0 bridgehead atoms. The van der Waals surface area contributed by atoms with Gasteiger partial charge in [-0.1, -0.05) is 25.7 Å². The minimum Gasteiger partial charge on any atom is -0.379 e. The second-order valence-electron chi connectivity index (χ2n) is 11.0. The Balaban J connectivity index is 1.28. The predicted molar refractivity (Wildman–Crippen MR) is 151 cm³/mol. The molecule has 40 heavy (non-hydrogen) atoms. The molecule has 4 rings (SSSR count). The van der Waals surface area contributed by atoms with Crippen LogP contribution in [-0.2, 0) is 9.47 Å². The fourth-order valence-electron chi connectivity index (χ4n) is 5.64. The number of ether oxygens (including phenoxy) is 2. The quantitative estimate of drug-likeness (QED) is 0.220. The molecule has 0 spiro atoms. The summed E-state index contributed by atoms with van der Waals surface area (Å²) in [5, 5.41) is 0. The fraction of sp³-hybridized carbons (Fsp3) is 0.562. The third kappa shape index (κ3) is 9.54. The van der Waals surface area contributed by atoms with Crippen molar-refractivity contribution in [1.29, 1.82) is 0 Å². The number of unbranched alkanes of at least 4 members (excludes halogenated alkanes) is 3. The average molecular weight is 557 g/mol. The second-order valence-corrected chi connectivity index (χ2v) is 11.0. The number of carbonyl (C=O) groups excluding carboxylic acids is 2. The number of halogens is 2. The maximum Gasteiger partial charge on any atom is 0.167 e. The number of morpholine rings is 2. The van der Waals surface area contributed by atoms with E-state index in [0.29, 0.717) is 50.6 Å². The number of benzene rings is 2. The SMILES string of the molecule is O=C(c1ccc(F)cc1)[C@H](CCCCCC[C@@H](CN1CCOCC1)C(=O)c1ccc(F)cc1)CN1CCOCC1. The van der Waals surface area contributed by atoms with E-state index in [1.54, 1.807) is 24.3 Å². The van der Waals surface area contributed by atoms with E-state index in [4.69, 9.17) is 9.47 Å². The molecule has 8 heteroatoms. The first-order valence-corrected chi connectivity index (χ1v) is 14.7. The smallest absolute Gasteiger partial charge is 0.167 e.